The largest absolute Gasteiger partial charge is 0.445 e. The van der Waals surface area contributed by atoms with Crippen molar-refractivity contribution in [1.29, 1.82) is 0 Å². The predicted molar refractivity (Wildman–Crippen MR) is 98.8 cm³/mol. The second-order valence-electron chi connectivity index (χ2n) is 8.94. The van der Waals surface area contributed by atoms with Crippen LogP contribution in [0.1, 0.15) is 58.8 Å². The van der Waals surface area contributed by atoms with Crippen LogP contribution in [-0.2, 0) is 14.3 Å². The molecule has 3 saturated carbocycles. The Morgan fingerprint density at radius 2 is 2.08 bits per heavy atom. The highest BCUT2D eigenvalue weighted by molar-refractivity contribution is 5.88. The van der Waals surface area contributed by atoms with Gasteiger partial charge in [-0.05, 0) is 68.6 Å². The zero-order valence-corrected chi connectivity index (χ0v) is 15.8. The number of terminal acetylenes is 1. The second-order valence-corrected chi connectivity index (χ2v) is 8.94. The van der Waals surface area contributed by atoms with E-state index in [1.54, 1.807) is 0 Å². The van der Waals surface area contributed by atoms with Crippen molar-refractivity contribution in [3.05, 3.63) is 11.6 Å². The van der Waals surface area contributed by atoms with Crippen molar-refractivity contribution in [2.45, 2.75) is 64.4 Å². The third-order valence-corrected chi connectivity index (χ3v) is 7.99. The second kappa shape index (κ2) is 6.15. The number of esters is 1. The monoisotopic (exact) mass is 355 g/mol. The first kappa shape index (κ1) is 17.6. The molecule has 0 aromatic heterocycles. The Balaban J connectivity index is 1.64. The van der Waals surface area contributed by atoms with Gasteiger partial charge in [-0.15, -0.1) is 6.42 Å². The molecule has 0 bridgehead atoms. The van der Waals surface area contributed by atoms with Gasteiger partial charge in [0.15, 0.2) is 5.60 Å². The quantitative estimate of drug-likeness (QED) is 0.580. The Morgan fingerprint density at radius 3 is 2.81 bits per heavy atom. The average Bonchev–Trinajstić information content (AvgIpc) is 2.75. The molecule has 6 unspecified atom stereocenters. The number of allylic oxidation sites excluding steroid dienone is 1. The Labute approximate surface area is 156 Å². The molecular weight excluding hydrogens is 326 g/mol. The Hall–Kier alpha value is -1.76. The standard InChI is InChI=1S/C22H29NO3/c1-4-22(26-14(2)24)11-8-19-18-6-5-15-13-20(25)23-12-9-16(15)17(18)7-10-21(19,22)3/h1,13,16-19H,5-12H2,2-3H3,(H,23,25). The molecule has 4 nitrogen and oxygen atoms in total. The van der Waals surface area contributed by atoms with Crippen molar-refractivity contribution in [1.82, 2.24) is 5.32 Å². The van der Waals surface area contributed by atoms with Crippen molar-refractivity contribution in [2.75, 3.05) is 6.54 Å². The topological polar surface area (TPSA) is 55.4 Å². The van der Waals surface area contributed by atoms with Gasteiger partial charge < -0.3 is 10.1 Å². The van der Waals surface area contributed by atoms with E-state index in [2.05, 4.69) is 18.2 Å². The van der Waals surface area contributed by atoms with Crippen molar-refractivity contribution in [3.8, 4) is 12.3 Å². The average molecular weight is 355 g/mol. The highest BCUT2D eigenvalue weighted by atomic mass is 16.6. The van der Waals surface area contributed by atoms with Gasteiger partial charge in [0.05, 0.1) is 0 Å². The lowest BCUT2D eigenvalue weighted by Crippen LogP contribution is -2.53. The van der Waals surface area contributed by atoms with Gasteiger partial charge in [-0.2, -0.15) is 0 Å². The summed E-state index contributed by atoms with van der Waals surface area (Å²) in [5.41, 5.74) is 0.478. The molecule has 0 spiro atoms. The van der Waals surface area contributed by atoms with Gasteiger partial charge in [-0.3, -0.25) is 9.59 Å². The highest BCUT2D eigenvalue weighted by Crippen LogP contribution is 2.65. The van der Waals surface area contributed by atoms with Gasteiger partial charge in [0.25, 0.3) is 0 Å². The molecule has 4 rings (SSSR count). The number of hydrogen-bond acceptors (Lipinski definition) is 3. The molecule has 3 fully saturated rings. The maximum absolute atomic E-state index is 11.9. The van der Waals surface area contributed by atoms with E-state index in [4.69, 9.17) is 11.2 Å². The van der Waals surface area contributed by atoms with Crippen LogP contribution in [0.5, 0.6) is 0 Å². The molecule has 1 aliphatic heterocycles. The fraction of sp³-hybridized carbons (Fsp3) is 0.727. The molecule has 0 saturated heterocycles. The normalized spacial score (nSPS) is 44.3. The van der Waals surface area contributed by atoms with Gasteiger partial charge in [-0.25, -0.2) is 0 Å². The van der Waals surface area contributed by atoms with Crippen LogP contribution in [0.3, 0.4) is 0 Å². The first-order valence-electron chi connectivity index (χ1n) is 10.1. The summed E-state index contributed by atoms with van der Waals surface area (Å²) in [6, 6.07) is 0. The minimum absolute atomic E-state index is 0.0728. The summed E-state index contributed by atoms with van der Waals surface area (Å²) >= 11 is 0. The lowest BCUT2D eigenvalue weighted by atomic mass is 9.51. The minimum Gasteiger partial charge on any atom is -0.445 e. The highest BCUT2D eigenvalue weighted by Gasteiger charge is 2.64. The van der Waals surface area contributed by atoms with Gasteiger partial charge in [0, 0.05) is 25.0 Å². The number of carbonyl (C=O) groups is 2. The van der Waals surface area contributed by atoms with Crippen molar-refractivity contribution in [3.63, 3.8) is 0 Å². The van der Waals surface area contributed by atoms with Crippen LogP contribution in [0, 0.1) is 41.4 Å². The van der Waals surface area contributed by atoms with Gasteiger partial charge in [0.2, 0.25) is 5.91 Å². The molecule has 3 aliphatic carbocycles. The van der Waals surface area contributed by atoms with E-state index >= 15 is 0 Å². The zero-order valence-electron chi connectivity index (χ0n) is 15.8. The molecule has 0 aromatic carbocycles. The third-order valence-electron chi connectivity index (χ3n) is 7.99. The third kappa shape index (κ3) is 2.43. The molecule has 1 heterocycles. The van der Waals surface area contributed by atoms with Crippen LogP contribution in [0.4, 0.5) is 0 Å². The number of ether oxygens (including phenoxy) is 1. The van der Waals surface area contributed by atoms with Gasteiger partial charge in [-0.1, -0.05) is 18.4 Å². The van der Waals surface area contributed by atoms with Gasteiger partial charge >= 0.3 is 5.97 Å². The van der Waals surface area contributed by atoms with Gasteiger partial charge in [0.1, 0.15) is 0 Å². The van der Waals surface area contributed by atoms with Crippen LogP contribution >= 0.6 is 0 Å². The number of amides is 1. The van der Waals surface area contributed by atoms with Crippen LogP contribution in [-0.4, -0.2) is 24.0 Å². The molecule has 140 valence electrons. The van der Waals surface area contributed by atoms with E-state index in [1.807, 2.05) is 6.08 Å². The fourth-order valence-corrected chi connectivity index (χ4v) is 6.85. The van der Waals surface area contributed by atoms with E-state index < -0.39 is 5.60 Å². The summed E-state index contributed by atoms with van der Waals surface area (Å²) in [5.74, 6) is 4.99. The van der Waals surface area contributed by atoms with E-state index in [0.717, 1.165) is 51.5 Å². The van der Waals surface area contributed by atoms with Crippen LogP contribution in [0.2, 0.25) is 0 Å². The maximum Gasteiger partial charge on any atom is 0.304 e. The van der Waals surface area contributed by atoms with Crippen LogP contribution < -0.4 is 5.32 Å². The SMILES string of the molecule is C#CC1(OC(C)=O)CCC2C3CCC4=CC(=O)NCCC4C3CCC21C. The number of rotatable bonds is 1. The molecule has 1 amide bonds. The smallest absolute Gasteiger partial charge is 0.304 e. The zero-order chi connectivity index (χ0) is 18.5. The molecule has 0 radical (unpaired) electrons. The Kier molecular flexibility index (Phi) is 4.17. The molecule has 4 heteroatoms. The number of carbonyl (C=O) groups excluding carboxylic acids is 2. The van der Waals surface area contributed by atoms with Crippen molar-refractivity contribution in [2.24, 2.45) is 29.1 Å². The first-order valence-corrected chi connectivity index (χ1v) is 10.1. The summed E-state index contributed by atoms with van der Waals surface area (Å²) in [7, 11) is 0. The molecule has 1 N–H and O–H groups in total. The van der Waals surface area contributed by atoms with E-state index in [1.165, 1.54) is 12.5 Å². The fourth-order valence-electron chi connectivity index (χ4n) is 6.85. The van der Waals surface area contributed by atoms with Crippen molar-refractivity contribution >= 4 is 11.9 Å². The predicted octanol–water partition coefficient (Wildman–Crippen LogP) is 3.22. The molecule has 4 aliphatic rings. The Bertz CT molecular complexity index is 705. The number of fused-ring (bicyclic) bond motifs is 5. The molecule has 0 aromatic rings. The van der Waals surface area contributed by atoms with Crippen molar-refractivity contribution < 1.29 is 14.3 Å². The molecular formula is C22H29NO3. The summed E-state index contributed by atoms with van der Waals surface area (Å²) in [6.07, 6.45) is 14.9. The lowest BCUT2D eigenvalue weighted by Gasteiger charge is -2.54. The first-order chi connectivity index (χ1) is 12.4. The number of nitrogens with one attached hydrogen (secondary N) is 1. The summed E-state index contributed by atoms with van der Waals surface area (Å²) < 4.78 is 5.80. The van der Waals surface area contributed by atoms with E-state index in [0.29, 0.717) is 23.7 Å². The minimum atomic E-state index is -0.744. The molecule has 26 heavy (non-hydrogen) atoms. The summed E-state index contributed by atoms with van der Waals surface area (Å²) in [5, 5.41) is 2.99. The lowest BCUT2D eigenvalue weighted by molar-refractivity contribution is -0.167. The number of hydrogen-bond donors (Lipinski definition) is 1. The molecule has 6 atom stereocenters. The summed E-state index contributed by atoms with van der Waals surface area (Å²) in [4.78, 5) is 23.7. The maximum atomic E-state index is 11.9. The summed E-state index contributed by atoms with van der Waals surface area (Å²) in [6.45, 7) is 4.50. The van der Waals surface area contributed by atoms with Crippen LogP contribution in [0.15, 0.2) is 11.6 Å². The van der Waals surface area contributed by atoms with E-state index in [9.17, 15) is 9.59 Å². The van der Waals surface area contributed by atoms with E-state index in [-0.39, 0.29) is 17.3 Å². The van der Waals surface area contributed by atoms with Crippen LogP contribution in [0.25, 0.3) is 0 Å². The Morgan fingerprint density at radius 1 is 1.27 bits per heavy atom.